The molecule has 4 heteroatoms. The SMILES string of the molecule is CC(CCCO)NC(=O)c1cccc2c1OC(C)C2C. The lowest BCUT2D eigenvalue weighted by Gasteiger charge is -2.15. The van der Waals surface area contributed by atoms with Crippen molar-refractivity contribution in [1.29, 1.82) is 0 Å². The van der Waals surface area contributed by atoms with Crippen molar-refractivity contribution < 1.29 is 14.6 Å². The molecule has 0 saturated carbocycles. The number of ether oxygens (including phenoxy) is 1. The van der Waals surface area contributed by atoms with Crippen molar-refractivity contribution in [3.63, 3.8) is 0 Å². The second kappa shape index (κ2) is 6.27. The summed E-state index contributed by atoms with van der Waals surface area (Å²) in [7, 11) is 0. The molecule has 0 aromatic heterocycles. The van der Waals surface area contributed by atoms with Crippen molar-refractivity contribution in [2.45, 2.75) is 51.7 Å². The number of para-hydroxylation sites is 1. The molecule has 0 spiro atoms. The molecule has 0 aliphatic carbocycles. The van der Waals surface area contributed by atoms with Crippen molar-refractivity contribution in [3.05, 3.63) is 29.3 Å². The third-order valence-corrected chi connectivity index (χ3v) is 3.96. The van der Waals surface area contributed by atoms with E-state index in [0.717, 1.165) is 17.7 Å². The molecule has 0 saturated heterocycles. The molecule has 0 bridgehead atoms. The van der Waals surface area contributed by atoms with Gasteiger partial charge in [-0.15, -0.1) is 0 Å². The van der Waals surface area contributed by atoms with E-state index in [1.165, 1.54) is 0 Å². The largest absolute Gasteiger partial charge is 0.489 e. The Labute approximate surface area is 120 Å². The maximum absolute atomic E-state index is 12.3. The van der Waals surface area contributed by atoms with Crippen LogP contribution >= 0.6 is 0 Å². The topological polar surface area (TPSA) is 58.6 Å². The average molecular weight is 277 g/mol. The average Bonchev–Trinajstić information content (AvgIpc) is 2.72. The maximum Gasteiger partial charge on any atom is 0.255 e. The molecular weight excluding hydrogens is 254 g/mol. The van der Waals surface area contributed by atoms with E-state index in [2.05, 4.69) is 12.2 Å². The summed E-state index contributed by atoms with van der Waals surface area (Å²) >= 11 is 0. The first-order valence-corrected chi connectivity index (χ1v) is 7.26. The molecule has 1 aliphatic heterocycles. The van der Waals surface area contributed by atoms with Gasteiger partial charge in [0.2, 0.25) is 0 Å². The molecule has 2 N–H and O–H groups in total. The minimum atomic E-state index is -0.103. The van der Waals surface area contributed by atoms with E-state index in [9.17, 15) is 4.79 Å². The summed E-state index contributed by atoms with van der Waals surface area (Å²) in [5.41, 5.74) is 1.71. The summed E-state index contributed by atoms with van der Waals surface area (Å²) in [5, 5.41) is 11.8. The third-order valence-electron chi connectivity index (χ3n) is 3.96. The van der Waals surface area contributed by atoms with Crippen molar-refractivity contribution in [1.82, 2.24) is 5.32 Å². The Morgan fingerprint density at radius 3 is 2.90 bits per heavy atom. The van der Waals surface area contributed by atoms with Crippen LogP contribution in [0.5, 0.6) is 5.75 Å². The highest BCUT2D eigenvalue weighted by molar-refractivity contribution is 5.97. The van der Waals surface area contributed by atoms with Gasteiger partial charge in [-0.1, -0.05) is 19.1 Å². The predicted molar refractivity (Wildman–Crippen MR) is 78.2 cm³/mol. The summed E-state index contributed by atoms with van der Waals surface area (Å²) in [6.07, 6.45) is 1.56. The summed E-state index contributed by atoms with van der Waals surface area (Å²) in [5.74, 6) is 0.928. The van der Waals surface area contributed by atoms with Gasteiger partial charge >= 0.3 is 0 Å². The highest BCUT2D eigenvalue weighted by atomic mass is 16.5. The van der Waals surface area contributed by atoms with Crippen LogP contribution in [-0.4, -0.2) is 29.8 Å². The minimum Gasteiger partial charge on any atom is -0.489 e. The molecule has 2 rings (SSSR count). The number of carbonyl (C=O) groups is 1. The van der Waals surface area contributed by atoms with Crippen molar-refractivity contribution >= 4 is 5.91 Å². The fraction of sp³-hybridized carbons (Fsp3) is 0.562. The van der Waals surface area contributed by atoms with Crippen molar-refractivity contribution in [2.24, 2.45) is 0 Å². The Hall–Kier alpha value is -1.55. The molecule has 1 aliphatic rings. The molecule has 0 radical (unpaired) electrons. The fourth-order valence-electron chi connectivity index (χ4n) is 2.54. The first-order chi connectivity index (χ1) is 9.54. The molecule has 3 atom stereocenters. The smallest absolute Gasteiger partial charge is 0.255 e. The number of aliphatic hydroxyl groups is 1. The molecule has 4 nitrogen and oxygen atoms in total. The number of hydrogen-bond acceptors (Lipinski definition) is 3. The Morgan fingerprint density at radius 2 is 2.20 bits per heavy atom. The highest BCUT2D eigenvalue weighted by Gasteiger charge is 2.31. The third kappa shape index (κ3) is 2.96. The zero-order chi connectivity index (χ0) is 14.7. The molecule has 3 unspecified atom stereocenters. The summed E-state index contributed by atoms with van der Waals surface area (Å²) in [6.45, 7) is 6.24. The van der Waals surface area contributed by atoms with Crippen LogP contribution in [-0.2, 0) is 0 Å². The van der Waals surface area contributed by atoms with Crippen molar-refractivity contribution in [2.75, 3.05) is 6.61 Å². The van der Waals surface area contributed by atoms with Crippen molar-refractivity contribution in [3.8, 4) is 5.75 Å². The molecule has 110 valence electrons. The van der Waals surface area contributed by atoms with Gasteiger partial charge in [0.1, 0.15) is 11.9 Å². The fourth-order valence-corrected chi connectivity index (χ4v) is 2.54. The van der Waals surface area contributed by atoms with Gasteiger partial charge in [0.15, 0.2) is 0 Å². The number of nitrogens with one attached hydrogen (secondary N) is 1. The van der Waals surface area contributed by atoms with Crippen LogP contribution in [0.1, 0.15) is 55.5 Å². The van der Waals surface area contributed by atoms with Crippen LogP contribution in [0.15, 0.2) is 18.2 Å². The van der Waals surface area contributed by atoms with E-state index in [0.29, 0.717) is 17.9 Å². The number of aliphatic hydroxyl groups excluding tert-OH is 1. The Bertz CT molecular complexity index is 487. The first-order valence-electron chi connectivity index (χ1n) is 7.26. The van der Waals surface area contributed by atoms with E-state index in [1.54, 1.807) is 6.07 Å². The minimum absolute atomic E-state index is 0.0433. The molecule has 1 heterocycles. The number of hydrogen-bond donors (Lipinski definition) is 2. The zero-order valence-electron chi connectivity index (χ0n) is 12.3. The van der Waals surface area contributed by atoms with Gasteiger partial charge < -0.3 is 15.2 Å². The maximum atomic E-state index is 12.3. The van der Waals surface area contributed by atoms with Gasteiger partial charge in [0.25, 0.3) is 5.91 Å². The van der Waals surface area contributed by atoms with Crippen LogP contribution in [0, 0.1) is 0 Å². The number of fused-ring (bicyclic) bond motifs is 1. The predicted octanol–water partition coefficient (Wildman–Crippen LogP) is 2.46. The first kappa shape index (κ1) is 14.9. The summed E-state index contributed by atoms with van der Waals surface area (Å²) < 4.78 is 5.83. The second-order valence-electron chi connectivity index (χ2n) is 5.58. The summed E-state index contributed by atoms with van der Waals surface area (Å²) in [4.78, 5) is 12.3. The highest BCUT2D eigenvalue weighted by Crippen LogP contribution is 2.40. The summed E-state index contributed by atoms with van der Waals surface area (Å²) in [6, 6.07) is 5.78. The number of benzene rings is 1. The second-order valence-corrected chi connectivity index (χ2v) is 5.58. The quantitative estimate of drug-likeness (QED) is 0.869. The Balaban J connectivity index is 2.12. The zero-order valence-corrected chi connectivity index (χ0v) is 12.3. The molecule has 1 amide bonds. The number of amides is 1. The van der Waals surface area contributed by atoms with Crippen LogP contribution in [0.4, 0.5) is 0 Å². The lowest BCUT2D eigenvalue weighted by molar-refractivity contribution is 0.0931. The van der Waals surface area contributed by atoms with Crippen LogP contribution in [0.2, 0.25) is 0 Å². The molecule has 20 heavy (non-hydrogen) atoms. The lowest BCUT2D eigenvalue weighted by Crippen LogP contribution is -2.32. The lowest BCUT2D eigenvalue weighted by atomic mass is 9.96. The van der Waals surface area contributed by atoms with Gasteiger partial charge in [0, 0.05) is 24.1 Å². The monoisotopic (exact) mass is 277 g/mol. The van der Waals surface area contributed by atoms with E-state index in [-0.39, 0.29) is 24.7 Å². The molecule has 1 aromatic carbocycles. The normalized spacial score (nSPS) is 22.0. The van der Waals surface area contributed by atoms with Crippen LogP contribution < -0.4 is 10.1 Å². The van der Waals surface area contributed by atoms with E-state index in [4.69, 9.17) is 9.84 Å². The molecule has 0 fully saturated rings. The molecule has 1 aromatic rings. The van der Waals surface area contributed by atoms with E-state index < -0.39 is 0 Å². The van der Waals surface area contributed by atoms with Gasteiger partial charge in [0.05, 0.1) is 5.56 Å². The van der Waals surface area contributed by atoms with Crippen LogP contribution in [0.25, 0.3) is 0 Å². The van der Waals surface area contributed by atoms with Gasteiger partial charge in [-0.3, -0.25) is 4.79 Å². The van der Waals surface area contributed by atoms with Gasteiger partial charge in [-0.05, 0) is 32.8 Å². The number of carbonyl (C=O) groups excluding carboxylic acids is 1. The Kier molecular flexibility index (Phi) is 4.65. The van der Waals surface area contributed by atoms with Gasteiger partial charge in [-0.2, -0.15) is 0 Å². The number of rotatable bonds is 5. The standard InChI is InChI=1S/C16H23NO3/c1-10(6-5-9-18)17-16(19)14-8-4-7-13-11(2)12(3)20-15(13)14/h4,7-8,10-12,18H,5-6,9H2,1-3H3,(H,17,19). The van der Waals surface area contributed by atoms with Crippen LogP contribution in [0.3, 0.4) is 0 Å². The van der Waals surface area contributed by atoms with E-state index in [1.807, 2.05) is 26.0 Å². The van der Waals surface area contributed by atoms with E-state index >= 15 is 0 Å². The molecular formula is C16H23NO3. The van der Waals surface area contributed by atoms with Gasteiger partial charge in [-0.25, -0.2) is 0 Å². The Morgan fingerprint density at radius 1 is 1.45 bits per heavy atom.